The Labute approximate surface area is 109 Å². The molecule has 0 bridgehead atoms. The first-order valence-electron chi connectivity index (χ1n) is 4.58. The lowest BCUT2D eigenvalue weighted by Gasteiger charge is -1.96. The molecule has 17 heavy (non-hydrogen) atoms. The maximum Gasteiger partial charge on any atom is 0.340 e. The molecule has 2 rings (SSSR count). The number of imidazole rings is 1. The third kappa shape index (κ3) is 3.27. The second kappa shape index (κ2) is 5.28. The van der Waals surface area contributed by atoms with Crippen molar-refractivity contribution in [2.75, 3.05) is 0 Å². The van der Waals surface area contributed by atoms with Crippen LogP contribution in [0.4, 0.5) is 5.82 Å². The van der Waals surface area contributed by atoms with Crippen molar-refractivity contribution in [3.8, 4) is 0 Å². The van der Waals surface area contributed by atoms with E-state index in [-0.39, 0.29) is 5.82 Å². The molecule has 0 aliphatic heterocycles. The van der Waals surface area contributed by atoms with Gasteiger partial charge in [0.1, 0.15) is 6.20 Å². The Morgan fingerprint density at radius 3 is 2.82 bits per heavy atom. The van der Waals surface area contributed by atoms with Crippen LogP contribution in [0.25, 0.3) is 0 Å². The molecule has 0 aliphatic carbocycles. The zero-order chi connectivity index (χ0) is 12.3. The molecule has 0 spiro atoms. The summed E-state index contributed by atoms with van der Waals surface area (Å²) >= 11 is 4.75. The van der Waals surface area contributed by atoms with E-state index in [1.165, 1.54) is 18.0 Å². The highest BCUT2D eigenvalue weighted by Crippen LogP contribution is 2.21. The van der Waals surface area contributed by atoms with Crippen LogP contribution in [0.15, 0.2) is 34.0 Å². The molecule has 0 fully saturated rings. The van der Waals surface area contributed by atoms with Gasteiger partial charge in [0.15, 0.2) is 0 Å². The van der Waals surface area contributed by atoms with Crippen molar-refractivity contribution in [1.29, 1.82) is 0 Å². The Hall–Kier alpha value is -1.41. The van der Waals surface area contributed by atoms with Crippen LogP contribution in [-0.2, 0) is 5.75 Å². The second-order valence-corrected chi connectivity index (χ2v) is 4.99. The fourth-order valence-corrected chi connectivity index (χ4v) is 2.06. The quantitative estimate of drug-likeness (QED) is 0.533. The number of hydrogen-bond acceptors (Lipinski definition) is 5. The molecule has 0 unspecified atom stereocenters. The number of thioether (sulfide) groups is 1. The molecule has 88 valence electrons. The van der Waals surface area contributed by atoms with Crippen molar-refractivity contribution < 1.29 is 4.92 Å². The van der Waals surface area contributed by atoms with Crippen LogP contribution in [0, 0.1) is 10.1 Å². The molecule has 8 heteroatoms. The lowest BCUT2D eigenvalue weighted by Crippen LogP contribution is -1.89. The van der Waals surface area contributed by atoms with Gasteiger partial charge in [0.25, 0.3) is 0 Å². The maximum absolute atomic E-state index is 10.4. The second-order valence-electron chi connectivity index (χ2n) is 3.08. The van der Waals surface area contributed by atoms with Crippen LogP contribution in [0.5, 0.6) is 0 Å². The Morgan fingerprint density at radius 2 is 2.24 bits per heavy atom. The number of nitrogens with one attached hydrogen (secondary N) is 1. The first kappa shape index (κ1) is 12.1. The van der Waals surface area contributed by atoms with Gasteiger partial charge in [-0.25, -0.2) is 15.0 Å². The Balaban J connectivity index is 1.97. The minimum Gasteiger partial charge on any atom is -0.358 e. The summed E-state index contributed by atoms with van der Waals surface area (Å²) in [5.74, 6) is 0.985. The fourth-order valence-electron chi connectivity index (χ4n) is 1.11. The van der Waals surface area contributed by atoms with E-state index >= 15 is 0 Å². The summed E-state index contributed by atoms with van der Waals surface area (Å²) in [4.78, 5) is 20.7. The van der Waals surface area contributed by atoms with Crippen molar-refractivity contribution in [2.45, 2.75) is 10.8 Å². The van der Waals surface area contributed by atoms with Gasteiger partial charge in [-0.05, 0) is 33.0 Å². The van der Waals surface area contributed by atoms with E-state index in [0.29, 0.717) is 11.6 Å². The number of halogens is 1. The number of rotatable bonds is 4. The first-order valence-corrected chi connectivity index (χ1v) is 6.35. The Morgan fingerprint density at radius 1 is 1.41 bits per heavy atom. The third-order valence-electron chi connectivity index (χ3n) is 1.87. The first-order chi connectivity index (χ1) is 8.15. The average molecular weight is 315 g/mol. The number of pyridine rings is 1. The topological polar surface area (TPSA) is 84.7 Å². The van der Waals surface area contributed by atoms with Crippen LogP contribution in [0.2, 0.25) is 0 Å². The Kier molecular flexibility index (Phi) is 3.75. The predicted octanol–water partition coefficient (Wildman–Crippen LogP) is 2.77. The van der Waals surface area contributed by atoms with Gasteiger partial charge in [0.05, 0.1) is 10.8 Å². The summed E-state index contributed by atoms with van der Waals surface area (Å²) in [6, 6.07) is 3.76. The van der Waals surface area contributed by atoms with Gasteiger partial charge in [-0.15, -0.1) is 0 Å². The lowest BCUT2D eigenvalue weighted by atomic mass is 10.5. The fraction of sp³-hybridized carbons (Fsp3) is 0.111. The molecule has 0 aromatic carbocycles. The van der Waals surface area contributed by atoms with Crippen LogP contribution in [0.1, 0.15) is 5.82 Å². The van der Waals surface area contributed by atoms with Gasteiger partial charge < -0.3 is 10.1 Å². The van der Waals surface area contributed by atoms with Crippen LogP contribution in [-0.4, -0.2) is 19.9 Å². The molecule has 0 saturated heterocycles. The zero-order valence-electron chi connectivity index (χ0n) is 8.46. The van der Waals surface area contributed by atoms with Gasteiger partial charge in [0.2, 0.25) is 5.82 Å². The molecule has 6 nitrogen and oxygen atoms in total. The molecule has 2 heterocycles. The van der Waals surface area contributed by atoms with Gasteiger partial charge >= 0.3 is 5.82 Å². The minimum atomic E-state index is -0.501. The van der Waals surface area contributed by atoms with Gasteiger partial charge in [-0.1, -0.05) is 11.8 Å². The van der Waals surface area contributed by atoms with E-state index in [1.54, 1.807) is 6.20 Å². The largest absolute Gasteiger partial charge is 0.358 e. The summed E-state index contributed by atoms with van der Waals surface area (Å²) in [5.41, 5.74) is 0. The molecule has 0 amide bonds. The van der Waals surface area contributed by atoms with Crippen molar-refractivity contribution in [2.24, 2.45) is 0 Å². The van der Waals surface area contributed by atoms with Crippen molar-refractivity contribution in [3.63, 3.8) is 0 Å². The number of H-pyrrole nitrogens is 1. The summed E-state index contributed by atoms with van der Waals surface area (Å²) in [6.45, 7) is 0. The Bertz CT molecular complexity index is 528. The number of nitro groups is 1. The smallest absolute Gasteiger partial charge is 0.340 e. The third-order valence-corrected chi connectivity index (χ3v) is 3.29. The van der Waals surface area contributed by atoms with Crippen LogP contribution >= 0.6 is 27.7 Å². The summed E-state index contributed by atoms with van der Waals surface area (Å²) < 4.78 is 0.912. The molecule has 2 aromatic rings. The van der Waals surface area contributed by atoms with E-state index in [0.717, 1.165) is 9.50 Å². The van der Waals surface area contributed by atoms with Crippen molar-refractivity contribution in [1.82, 2.24) is 15.0 Å². The van der Waals surface area contributed by atoms with E-state index in [9.17, 15) is 10.1 Å². The van der Waals surface area contributed by atoms with Crippen LogP contribution < -0.4 is 0 Å². The molecule has 0 atom stereocenters. The highest BCUT2D eigenvalue weighted by Gasteiger charge is 2.10. The van der Waals surface area contributed by atoms with E-state index in [4.69, 9.17) is 0 Å². The molecule has 0 aliphatic rings. The van der Waals surface area contributed by atoms with Crippen molar-refractivity contribution >= 4 is 33.5 Å². The predicted molar refractivity (Wildman–Crippen MR) is 66.7 cm³/mol. The van der Waals surface area contributed by atoms with E-state index in [1.807, 2.05) is 12.1 Å². The minimum absolute atomic E-state index is 0.0932. The molecule has 2 aromatic heterocycles. The number of aromatic amines is 1. The summed E-state index contributed by atoms with van der Waals surface area (Å²) in [6.07, 6.45) is 2.91. The maximum atomic E-state index is 10.4. The number of nitrogens with zero attached hydrogens (tertiary/aromatic N) is 3. The highest BCUT2D eigenvalue weighted by atomic mass is 79.9. The molecule has 0 saturated carbocycles. The number of hydrogen-bond donors (Lipinski definition) is 1. The van der Waals surface area contributed by atoms with E-state index in [2.05, 4.69) is 30.9 Å². The number of aromatic nitrogens is 3. The van der Waals surface area contributed by atoms with E-state index < -0.39 is 4.92 Å². The summed E-state index contributed by atoms with van der Waals surface area (Å²) in [7, 11) is 0. The molecule has 1 N–H and O–H groups in total. The van der Waals surface area contributed by atoms with Gasteiger partial charge in [-0.2, -0.15) is 0 Å². The van der Waals surface area contributed by atoms with Crippen molar-refractivity contribution in [3.05, 3.63) is 44.9 Å². The average Bonchev–Trinajstić information content (AvgIpc) is 2.77. The van der Waals surface area contributed by atoms with Gasteiger partial charge in [0, 0.05) is 10.7 Å². The van der Waals surface area contributed by atoms with Gasteiger partial charge in [-0.3, -0.25) is 0 Å². The monoisotopic (exact) mass is 314 g/mol. The SMILES string of the molecule is O=[N+]([O-])c1cnc(CSc2ccc(Br)cn2)[nH]1. The highest BCUT2D eigenvalue weighted by molar-refractivity contribution is 9.10. The molecular weight excluding hydrogens is 308 g/mol. The summed E-state index contributed by atoms with van der Waals surface area (Å²) in [5, 5.41) is 11.3. The zero-order valence-corrected chi connectivity index (χ0v) is 10.9. The molecule has 0 radical (unpaired) electrons. The molecular formula is C9H7BrN4O2S. The standard InChI is InChI=1S/C9H7BrN4O2S/c10-6-1-2-9(12-3-6)17-5-7-11-4-8(13-7)14(15)16/h1-4H,5H2,(H,11,13). The lowest BCUT2D eigenvalue weighted by molar-refractivity contribution is -0.389. The van der Waals surface area contributed by atoms with Crippen LogP contribution in [0.3, 0.4) is 0 Å². The normalized spacial score (nSPS) is 10.4.